The molecule has 2 nitrogen and oxygen atoms in total. The fraction of sp³-hybridized carbons (Fsp3) is 0.364. The monoisotopic (exact) mass is 210 g/mol. The molecule has 74 valence electrons. The molecule has 0 N–H and O–H groups in total. The van der Waals surface area contributed by atoms with Crippen molar-refractivity contribution in [1.82, 2.24) is 0 Å². The summed E-state index contributed by atoms with van der Waals surface area (Å²) in [5.41, 5.74) is 0. The molecule has 0 heterocycles. The molecule has 14 heavy (non-hydrogen) atoms. The van der Waals surface area contributed by atoms with E-state index in [4.69, 9.17) is 16.3 Å². The number of ketones is 1. The minimum absolute atomic E-state index is 0.172. The van der Waals surface area contributed by atoms with Crippen LogP contribution in [-0.2, 0) is 4.79 Å². The Kier molecular flexibility index (Phi) is 2.73. The van der Waals surface area contributed by atoms with Gasteiger partial charge in [-0.05, 0) is 31.0 Å². The van der Waals surface area contributed by atoms with Gasteiger partial charge in [0.15, 0.2) is 5.78 Å². The minimum atomic E-state index is 0.172. The Bertz CT molecular complexity index is 345. The molecule has 0 spiro atoms. The molecular weight excluding hydrogens is 200 g/mol. The molecule has 3 heteroatoms. The summed E-state index contributed by atoms with van der Waals surface area (Å²) in [5.74, 6) is 1.12. The molecule has 0 radical (unpaired) electrons. The normalized spacial score (nSPS) is 15.2. The lowest BCUT2D eigenvalue weighted by atomic mass is 10.3. The molecule has 0 bridgehead atoms. The van der Waals surface area contributed by atoms with E-state index in [0.29, 0.717) is 10.8 Å². The Morgan fingerprint density at radius 1 is 1.50 bits per heavy atom. The number of Topliss-reactive ketones (excluding diaryl/α,β-unsaturated/α-hetero) is 1. The molecule has 0 aliphatic heterocycles. The lowest BCUT2D eigenvalue weighted by Crippen LogP contribution is -2.12. The second-order valence-corrected chi connectivity index (χ2v) is 3.92. The number of rotatable bonds is 4. The quantitative estimate of drug-likeness (QED) is 0.764. The van der Waals surface area contributed by atoms with Crippen molar-refractivity contribution in [3.05, 3.63) is 29.3 Å². The fourth-order valence-electron chi connectivity index (χ4n) is 1.23. The Morgan fingerprint density at radius 2 is 2.29 bits per heavy atom. The van der Waals surface area contributed by atoms with Gasteiger partial charge in [0.2, 0.25) is 0 Å². The van der Waals surface area contributed by atoms with Crippen molar-refractivity contribution >= 4 is 17.4 Å². The summed E-state index contributed by atoms with van der Waals surface area (Å²) in [6.07, 6.45) is 2.05. The number of hydrogen-bond acceptors (Lipinski definition) is 2. The van der Waals surface area contributed by atoms with Gasteiger partial charge in [0, 0.05) is 10.9 Å². The highest BCUT2D eigenvalue weighted by Crippen LogP contribution is 2.30. The van der Waals surface area contributed by atoms with Crippen LogP contribution in [0.25, 0.3) is 0 Å². The van der Waals surface area contributed by atoms with Crippen LogP contribution >= 0.6 is 11.6 Å². The fourth-order valence-corrected chi connectivity index (χ4v) is 1.41. The molecule has 0 aromatic heterocycles. The van der Waals surface area contributed by atoms with Crippen LogP contribution in [0.1, 0.15) is 12.8 Å². The van der Waals surface area contributed by atoms with E-state index in [1.807, 2.05) is 0 Å². The summed E-state index contributed by atoms with van der Waals surface area (Å²) in [7, 11) is 0. The van der Waals surface area contributed by atoms with Gasteiger partial charge in [0.05, 0.1) is 0 Å². The zero-order valence-electron chi connectivity index (χ0n) is 7.70. The first-order valence-corrected chi connectivity index (χ1v) is 5.04. The highest BCUT2D eigenvalue weighted by atomic mass is 35.5. The van der Waals surface area contributed by atoms with Gasteiger partial charge in [-0.15, -0.1) is 0 Å². The SMILES string of the molecule is O=C(COc1cccc(Cl)c1)C1CC1. The molecule has 0 atom stereocenters. The number of carbonyl (C=O) groups excluding carboxylic acids is 1. The third-order valence-corrected chi connectivity index (χ3v) is 2.44. The molecule has 0 amide bonds. The van der Waals surface area contributed by atoms with Gasteiger partial charge in [-0.25, -0.2) is 0 Å². The zero-order chi connectivity index (χ0) is 9.97. The lowest BCUT2D eigenvalue weighted by molar-refractivity contribution is -0.122. The van der Waals surface area contributed by atoms with Crippen molar-refractivity contribution in [3.63, 3.8) is 0 Å². The predicted octanol–water partition coefficient (Wildman–Crippen LogP) is 2.70. The van der Waals surface area contributed by atoms with Crippen molar-refractivity contribution in [3.8, 4) is 5.75 Å². The first kappa shape index (κ1) is 9.53. The number of halogens is 1. The van der Waals surface area contributed by atoms with Crippen LogP contribution in [-0.4, -0.2) is 12.4 Å². The van der Waals surface area contributed by atoms with E-state index in [1.54, 1.807) is 24.3 Å². The maximum absolute atomic E-state index is 11.3. The maximum Gasteiger partial charge on any atom is 0.173 e. The second kappa shape index (κ2) is 4.01. The summed E-state index contributed by atoms with van der Waals surface area (Å²) in [6.45, 7) is 0.172. The summed E-state index contributed by atoms with van der Waals surface area (Å²) in [4.78, 5) is 11.3. The zero-order valence-corrected chi connectivity index (χ0v) is 8.46. The molecule has 1 fully saturated rings. The van der Waals surface area contributed by atoms with Gasteiger partial charge in [-0.1, -0.05) is 17.7 Å². The highest BCUT2D eigenvalue weighted by Gasteiger charge is 2.29. The van der Waals surface area contributed by atoms with E-state index in [-0.39, 0.29) is 18.3 Å². The summed E-state index contributed by atoms with van der Waals surface area (Å²) in [5, 5.41) is 0.626. The molecular formula is C11H11ClO2. The van der Waals surface area contributed by atoms with E-state index >= 15 is 0 Å². The van der Waals surface area contributed by atoms with Crippen molar-refractivity contribution in [1.29, 1.82) is 0 Å². The first-order chi connectivity index (χ1) is 6.75. The first-order valence-electron chi connectivity index (χ1n) is 4.67. The average molecular weight is 211 g/mol. The average Bonchev–Trinajstić information content (AvgIpc) is 2.97. The Hall–Kier alpha value is -1.02. The van der Waals surface area contributed by atoms with Crippen LogP contribution in [0.15, 0.2) is 24.3 Å². The topological polar surface area (TPSA) is 26.3 Å². The molecule has 0 saturated heterocycles. The van der Waals surface area contributed by atoms with E-state index < -0.39 is 0 Å². The Balaban J connectivity index is 1.87. The molecule has 2 rings (SSSR count). The van der Waals surface area contributed by atoms with E-state index in [9.17, 15) is 4.79 Å². The molecule has 1 saturated carbocycles. The highest BCUT2D eigenvalue weighted by molar-refractivity contribution is 6.30. The van der Waals surface area contributed by atoms with Crippen LogP contribution in [0, 0.1) is 5.92 Å². The van der Waals surface area contributed by atoms with Crippen molar-refractivity contribution in [2.45, 2.75) is 12.8 Å². The number of benzene rings is 1. The number of hydrogen-bond donors (Lipinski definition) is 0. The summed E-state index contributed by atoms with van der Waals surface area (Å²) >= 11 is 5.77. The number of carbonyl (C=O) groups is 1. The second-order valence-electron chi connectivity index (χ2n) is 3.49. The summed E-state index contributed by atoms with van der Waals surface area (Å²) < 4.78 is 5.32. The van der Waals surface area contributed by atoms with Crippen LogP contribution in [0.5, 0.6) is 5.75 Å². The molecule has 1 aromatic rings. The molecule has 1 aromatic carbocycles. The summed E-state index contributed by atoms with van der Waals surface area (Å²) in [6, 6.07) is 7.09. The maximum atomic E-state index is 11.3. The Morgan fingerprint density at radius 3 is 2.93 bits per heavy atom. The molecule has 1 aliphatic rings. The third kappa shape index (κ3) is 2.48. The van der Waals surface area contributed by atoms with Crippen LogP contribution in [0.2, 0.25) is 5.02 Å². The van der Waals surface area contributed by atoms with Gasteiger partial charge >= 0.3 is 0 Å². The van der Waals surface area contributed by atoms with Gasteiger partial charge in [0.25, 0.3) is 0 Å². The standard InChI is InChI=1S/C11H11ClO2/c12-9-2-1-3-10(6-9)14-7-11(13)8-4-5-8/h1-3,6,8H,4-5,7H2. The van der Waals surface area contributed by atoms with Crippen molar-refractivity contribution in [2.24, 2.45) is 5.92 Å². The van der Waals surface area contributed by atoms with Crippen LogP contribution in [0.4, 0.5) is 0 Å². The van der Waals surface area contributed by atoms with E-state index in [2.05, 4.69) is 0 Å². The largest absolute Gasteiger partial charge is 0.486 e. The van der Waals surface area contributed by atoms with E-state index in [0.717, 1.165) is 12.8 Å². The van der Waals surface area contributed by atoms with Gasteiger partial charge in [-0.3, -0.25) is 4.79 Å². The molecule has 1 aliphatic carbocycles. The van der Waals surface area contributed by atoms with Gasteiger partial charge in [-0.2, -0.15) is 0 Å². The van der Waals surface area contributed by atoms with Crippen molar-refractivity contribution in [2.75, 3.05) is 6.61 Å². The Labute approximate surface area is 87.8 Å². The number of ether oxygens (including phenoxy) is 1. The van der Waals surface area contributed by atoms with Crippen LogP contribution in [0.3, 0.4) is 0 Å². The minimum Gasteiger partial charge on any atom is -0.486 e. The van der Waals surface area contributed by atoms with Crippen LogP contribution < -0.4 is 4.74 Å². The lowest BCUT2D eigenvalue weighted by Gasteiger charge is -2.04. The van der Waals surface area contributed by atoms with Gasteiger partial charge in [0.1, 0.15) is 12.4 Å². The predicted molar refractivity (Wildman–Crippen MR) is 54.7 cm³/mol. The van der Waals surface area contributed by atoms with Crippen molar-refractivity contribution < 1.29 is 9.53 Å². The smallest absolute Gasteiger partial charge is 0.173 e. The third-order valence-electron chi connectivity index (χ3n) is 2.21. The molecule has 0 unspecified atom stereocenters. The van der Waals surface area contributed by atoms with E-state index in [1.165, 1.54) is 0 Å². The van der Waals surface area contributed by atoms with Gasteiger partial charge < -0.3 is 4.74 Å².